The van der Waals surface area contributed by atoms with E-state index in [1.807, 2.05) is 54.6 Å². The number of benzene rings is 3. The molecular weight excluding hydrogens is 430 g/mol. The van der Waals surface area contributed by atoms with Gasteiger partial charge in [0.1, 0.15) is 0 Å². The van der Waals surface area contributed by atoms with Crippen LogP contribution in [-0.4, -0.2) is 23.8 Å². The molecule has 156 valence electrons. The Morgan fingerprint density at radius 2 is 1.68 bits per heavy atom. The van der Waals surface area contributed by atoms with Gasteiger partial charge in [-0.2, -0.15) is 0 Å². The molecule has 3 aromatic carbocycles. The van der Waals surface area contributed by atoms with E-state index in [2.05, 4.69) is 10.3 Å². The number of nitrogens with one attached hydrogen (secondary N) is 1. The predicted octanol–water partition coefficient (Wildman–Crippen LogP) is 5.47. The Morgan fingerprint density at radius 1 is 1.00 bits per heavy atom. The summed E-state index contributed by atoms with van der Waals surface area (Å²) < 4.78 is 1.02. The number of rotatable bonds is 6. The van der Waals surface area contributed by atoms with Crippen LogP contribution in [0, 0.1) is 0 Å². The quantitative estimate of drug-likeness (QED) is 0.424. The SMILES string of the molecule is CN(C(=O)CC(NC(=O)c1ccccc1Cl)c1ccccc1)c1nc2ccccc2s1. The second-order valence-corrected chi connectivity index (χ2v) is 8.45. The number of para-hydroxylation sites is 1. The summed E-state index contributed by atoms with van der Waals surface area (Å²) >= 11 is 7.64. The fourth-order valence-corrected chi connectivity index (χ4v) is 4.41. The molecule has 4 aromatic rings. The van der Waals surface area contributed by atoms with Crippen molar-refractivity contribution in [1.29, 1.82) is 0 Å². The van der Waals surface area contributed by atoms with Crippen molar-refractivity contribution in [3.8, 4) is 0 Å². The third kappa shape index (κ3) is 4.76. The lowest BCUT2D eigenvalue weighted by Gasteiger charge is -2.22. The van der Waals surface area contributed by atoms with E-state index in [1.54, 1.807) is 36.2 Å². The molecule has 7 heteroatoms. The molecule has 1 unspecified atom stereocenters. The minimum atomic E-state index is -0.505. The summed E-state index contributed by atoms with van der Waals surface area (Å²) in [5, 5.41) is 3.95. The predicted molar refractivity (Wildman–Crippen MR) is 126 cm³/mol. The van der Waals surface area contributed by atoms with Crippen molar-refractivity contribution < 1.29 is 9.59 Å². The Morgan fingerprint density at radius 3 is 2.42 bits per heavy atom. The van der Waals surface area contributed by atoms with Gasteiger partial charge in [-0.25, -0.2) is 4.98 Å². The number of nitrogens with zero attached hydrogens (tertiary/aromatic N) is 2. The zero-order valence-corrected chi connectivity index (χ0v) is 18.4. The summed E-state index contributed by atoms with van der Waals surface area (Å²) in [6.07, 6.45) is 0.0899. The van der Waals surface area contributed by atoms with Crippen LogP contribution in [-0.2, 0) is 4.79 Å². The molecule has 0 saturated carbocycles. The largest absolute Gasteiger partial charge is 0.345 e. The minimum Gasteiger partial charge on any atom is -0.345 e. The molecule has 0 saturated heterocycles. The molecule has 1 atom stereocenters. The van der Waals surface area contributed by atoms with Crippen LogP contribution in [0.1, 0.15) is 28.4 Å². The third-order valence-corrected chi connectivity index (χ3v) is 6.39. The molecule has 0 bridgehead atoms. The number of thiazole rings is 1. The Labute approximate surface area is 189 Å². The van der Waals surface area contributed by atoms with Crippen LogP contribution in [0.5, 0.6) is 0 Å². The highest BCUT2D eigenvalue weighted by Crippen LogP contribution is 2.29. The normalized spacial score (nSPS) is 11.8. The second-order valence-electron chi connectivity index (χ2n) is 7.04. The van der Waals surface area contributed by atoms with Gasteiger partial charge in [0.2, 0.25) is 5.91 Å². The van der Waals surface area contributed by atoms with E-state index in [0.29, 0.717) is 15.7 Å². The van der Waals surface area contributed by atoms with Gasteiger partial charge < -0.3 is 5.32 Å². The fourth-order valence-electron chi connectivity index (χ4n) is 3.24. The maximum atomic E-state index is 13.1. The number of fused-ring (bicyclic) bond motifs is 1. The molecule has 0 fully saturated rings. The number of carbonyl (C=O) groups is 2. The summed E-state index contributed by atoms with van der Waals surface area (Å²) in [6.45, 7) is 0. The number of carbonyl (C=O) groups excluding carboxylic acids is 2. The lowest BCUT2D eigenvalue weighted by Crippen LogP contribution is -2.34. The van der Waals surface area contributed by atoms with Gasteiger partial charge in [-0.05, 0) is 29.8 Å². The first kappa shape index (κ1) is 21.0. The molecule has 0 spiro atoms. The van der Waals surface area contributed by atoms with Gasteiger partial charge in [-0.3, -0.25) is 14.5 Å². The highest BCUT2D eigenvalue weighted by Gasteiger charge is 2.24. The minimum absolute atomic E-state index is 0.0899. The van der Waals surface area contributed by atoms with Crippen molar-refractivity contribution in [1.82, 2.24) is 10.3 Å². The molecule has 0 aliphatic carbocycles. The van der Waals surface area contributed by atoms with Crippen LogP contribution < -0.4 is 10.2 Å². The Bertz CT molecular complexity index is 1190. The van der Waals surface area contributed by atoms with E-state index >= 15 is 0 Å². The summed E-state index contributed by atoms with van der Waals surface area (Å²) in [4.78, 5) is 32.1. The Hall–Kier alpha value is -3.22. The molecule has 5 nitrogen and oxygen atoms in total. The van der Waals surface area contributed by atoms with Gasteiger partial charge in [0.15, 0.2) is 5.13 Å². The van der Waals surface area contributed by atoms with Gasteiger partial charge in [-0.15, -0.1) is 0 Å². The van der Waals surface area contributed by atoms with Crippen LogP contribution in [0.4, 0.5) is 5.13 Å². The Kier molecular flexibility index (Phi) is 6.30. The number of aromatic nitrogens is 1. The maximum absolute atomic E-state index is 13.1. The topological polar surface area (TPSA) is 62.3 Å². The molecule has 1 aromatic heterocycles. The first-order valence-electron chi connectivity index (χ1n) is 9.75. The van der Waals surface area contributed by atoms with Gasteiger partial charge in [0.25, 0.3) is 5.91 Å². The van der Waals surface area contributed by atoms with Gasteiger partial charge >= 0.3 is 0 Å². The first-order chi connectivity index (χ1) is 15.0. The van der Waals surface area contributed by atoms with Crippen molar-refractivity contribution in [2.45, 2.75) is 12.5 Å². The van der Waals surface area contributed by atoms with E-state index in [0.717, 1.165) is 15.8 Å². The van der Waals surface area contributed by atoms with Crippen molar-refractivity contribution in [3.05, 3.63) is 95.0 Å². The lowest BCUT2D eigenvalue weighted by molar-refractivity contribution is -0.118. The lowest BCUT2D eigenvalue weighted by atomic mass is 10.0. The smallest absolute Gasteiger partial charge is 0.253 e. The van der Waals surface area contributed by atoms with E-state index in [-0.39, 0.29) is 18.2 Å². The van der Waals surface area contributed by atoms with Crippen LogP contribution in [0.3, 0.4) is 0 Å². The Balaban J connectivity index is 1.56. The van der Waals surface area contributed by atoms with Crippen molar-refractivity contribution in [2.24, 2.45) is 0 Å². The van der Waals surface area contributed by atoms with E-state index in [4.69, 9.17) is 11.6 Å². The number of hydrogen-bond acceptors (Lipinski definition) is 4. The van der Waals surface area contributed by atoms with Crippen LogP contribution in [0.2, 0.25) is 5.02 Å². The fraction of sp³-hybridized carbons (Fsp3) is 0.125. The zero-order valence-electron chi connectivity index (χ0n) is 16.8. The summed E-state index contributed by atoms with van der Waals surface area (Å²) in [6, 6.07) is 23.5. The average Bonchev–Trinajstić information content (AvgIpc) is 3.23. The van der Waals surface area contributed by atoms with Crippen LogP contribution in [0.15, 0.2) is 78.9 Å². The number of anilines is 1. The summed E-state index contributed by atoms with van der Waals surface area (Å²) in [7, 11) is 1.71. The van der Waals surface area contributed by atoms with Crippen LogP contribution >= 0.6 is 22.9 Å². The van der Waals surface area contributed by atoms with E-state index in [1.165, 1.54) is 11.3 Å². The molecule has 2 amide bonds. The van der Waals surface area contributed by atoms with Crippen molar-refractivity contribution >= 4 is 50.1 Å². The number of halogens is 1. The first-order valence-corrected chi connectivity index (χ1v) is 10.9. The molecule has 0 aliphatic rings. The van der Waals surface area contributed by atoms with Crippen molar-refractivity contribution in [2.75, 3.05) is 11.9 Å². The molecule has 4 rings (SSSR count). The monoisotopic (exact) mass is 449 g/mol. The molecule has 31 heavy (non-hydrogen) atoms. The number of amides is 2. The highest BCUT2D eigenvalue weighted by molar-refractivity contribution is 7.22. The van der Waals surface area contributed by atoms with E-state index in [9.17, 15) is 9.59 Å². The van der Waals surface area contributed by atoms with Gasteiger partial charge in [0, 0.05) is 7.05 Å². The molecule has 0 aliphatic heterocycles. The summed E-state index contributed by atoms with van der Waals surface area (Å²) in [5.41, 5.74) is 2.07. The standard InChI is InChI=1S/C24H20ClN3O2S/c1-28(24-27-19-13-7-8-14-21(19)31-24)22(29)15-20(16-9-3-2-4-10-16)26-23(30)17-11-5-6-12-18(17)25/h2-14,20H,15H2,1H3,(H,26,30). The molecular formula is C24H20ClN3O2S. The van der Waals surface area contributed by atoms with Crippen molar-refractivity contribution in [3.63, 3.8) is 0 Å². The summed E-state index contributed by atoms with van der Waals surface area (Å²) in [5.74, 6) is -0.470. The zero-order chi connectivity index (χ0) is 21.8. The van der Waals surface area contributed by atoms with E-state index < -0.39 is 6.04 Å². The van der Waals surface area contributed by atoms with Crippen LogP contribution in [0.25, 0.3) is 10.2 Å². The molecule has 1 heterocycles. The second kappa shape index (κ2) is 9.29. The average molecular weight is 450 g/mol. The highest BCUT2D eigenvalue weighted by atomic mass is 35.5. The number of hydrogen-bond donors (Lipinski definition) is 1. The molecule has 1 N–H and O–H groups in total. The molecule has 0 radical (unpaired) electrons. The third-order valence-electron chi connectivity index (χ3n) is 4.95. The van der Waals surface area contributed by atoms with Gasteiger partial charge in [0.05, 0.1) is 33.3 Å². The van der Waals surface area contributed by atoms with Gasteiger partial charge in [-0.1, -0.05) is 77.5 Å². The maximum Gasteiger partial charge on any atom is 0.253 e.